The lowest BCUT2D eigenvalue weighted by Gasteiger charge is -2.07. The number of benzene rings is 2. The minimum absolute atomic E-state index is 0.0826. The Labute approximate surface area is 127 Å². The number of aromatic hydroxyl groups is 1. The van der Waals surface area contributed by atoms with Gasteiger partial charge in [-0.1, -0.05) is 0 Å². The second-order valence-corrected chi connectivity index (χ2v) is 5.57. The van der Waals surface area contributed by atoms with Crippen LogP contribution in [-0.2, 0) is 0 Å². The van der Waals surface area contributed by atoms with Crippen molar-refractivity contribution in [2.75, 3.05) is 0 Å². The van der Waals surface area contributed by atoms with E-state index in [2.05, 4.69) is 4.98 Å². The Morgan fingerprint density at radius 1 is 1.09 bits per heavy atom. The molecule has 2 N–H and O–H groups in total. The van der Waals surface area contributed by atoms with E-state index < -0.39 is 0 Å². The maximum atomic E-state index is 10.9. The molecule has 0 bridgehead atoms. The second-order valence-electron chi connectivity index (χ2n) is 5.57. The summed E-state index contributed by atoms with van der Waals surface area (Å²) in [5.41, 5.74) is 5.40. The molecule has 3 rings (SSSR count). The van der Waals surface area contributed by atoms with E-state index in [1.807, 2.05) is 32.9 Å². The first-order valence-corrected chi connectivity index (χ1v) is 6.96. The van der Waals surface area contributed by atoms with Crippen molar-refractivity contribution in [1.29, 1.82) is 0 Å². The highest BCUT2D eigenvalue weighted by Gasteiger charge is 2.15. The van der Waals surface area contributed by atoms with Crippen LogP contribution in [0.1, 0.15) is 16.7 Å². The number of nitro benzene ring substituents is 1. The van der Waals surface area contributed by atoms with Gasteiger partial charge in [0, 0.05) is 28.7 Å². The maximum absolute atomic E-state index is 10.9. The lowest BCUT2D eigenvalue weighted by molar-refractivity contribution is -0.384. The fourth-order valence-corrected chi connectivity index (χ4v) is 2.82. The van der Waals surface area contributed by atoms with Gasteiger partial charge in [-0.3, -0.25) is 10.1 Å². The van der Waals surface area contributed by atoms with Crippen molar-refractivity contribution in [2.45, 2.75) is 20.8 Å². The molecule has 0 saturated carbocycles. The molecule has 0 atom stereocenters. The van der Waals surface area contributed by atoms with Crippen LogP contribution in [0, 0.1) is 30.9 Å². The van der Waals surface area contributed by atoms with Crippen LogP contribution in [0.5, 0.6) is 5.75 Å². The molecule has 2 aromatic carbocycles. The zero-order valence-electron chi connectivity index (χ0n) is 12.6. The third kappa shape index (κ3) is 2.11. The lowest BCUT2D eigenvalue weighted by atomic mass is 10.0. The highest BCUT2D eigenvalue weighted by Crippen LogP contribution is 2.34. The van der Waals surface area contributed by atoms with Crippen molar-refractivity contribution in [3.8, 4) is 17.0 Å². The Kier molecular flexibility index (Phi) is 3.13. The van der Waals surface area contributed by atoms with E-state index in [-0.39, 0.29) is 10.6 Å². The Morgan fingerprint density at radius 3 is 2.32 bits per heavy atom. The number of aromatic amines is 1. The van der Waals surface area contributed by atoms with Crippen LogP contribution in [0.4, 0.5) is 5.69 Å². The molecule has 0 unspecified atom stereocenters. The summed E-state index contributed by atoms with van der Waals surface area (Å²) >= 11 is 0. The SMILES string of the molecule is Cc1cc(-c2[nH]c3ccc([N+](=O)[O-])cc3c2C)cc(C)c1O. The highest BCUT2D eigenvalue weighted by molar-refractivity contribution is 5.92. The molecule has 0 aliphatic carbocycles. The average Bonchev–Trinajstić information content (AvgIpc) is 2.81. The molecule has 0 fully saturated rings. The molecule has 5 nitrogen and oxygen atoms in total. The van der Waals surface area contributed by atoms with Crippen molar-refractivity contribution in [2.24, 2.45) is 0 Å². The second kappa shape index (κ2) is 4.87. The van der Waals surface area contributed by atoms with Crippen LogP contribution in [0.15, 0.2) is 30.3 Å². The van der Waals surface area contributed by atoms with Crippen molar-refractivity contribution < 1.29 is 10.0 Å². The number of phenolic OH excluding ortho intramolecular Hbond substituents is 1. The van der Waals surface area contributed by atoms with E-state index in [4.69, 9.17) is 0 Å². The fourth-order valence-electron chi connectivity index (χ4n) is 2.82. The quantitative estimate of drug-likeness (QED) is 0.544. The number of phenols is 1. The minimum Gasteiger partial charge on any atom is -0.507 e. The van der Waals surface area contributed by atoms with Gasteiger partial charge in [-0.15, -0.1) is 0 Å². The van der Waals surface area contributed by atoms with Crippen LogP contribution in [0.25, 0.3) is 22.2 Å². The number of hydrogen-bond donors (Lipinski definition) is 2. The molecule has 0 aliphatic rings. The largest absolute Gasteiger partial charge is 0.507 e. The Morgan fingerprint density at radius 2 is 1.73 bits per heavy atom. The third-order valence-corrected chi connectivity index (χ3v) is 4.03. The molecule has 0 saturated heterocycles. The van der Waals surface area contributed by atoms with Crippen LogP contribution in [0.3, 0.4) is 0 Å². The number of aryl methyl sites for hydroxylation is 3. The molecule has 3 aromatic rings. The summed E-state index contributed by atoms with van der Waals surface area (Å²) in [6.07, 6.45) is 0. The lowest BCUT2D eigenvalue weighted by Crippen LogP contribution is -1.87. The predicted molar refractivity (Wildman–Crippen MR) is 86.3 cm³/mol. The number of hydrogen-bond acceptors (Lipinski definition) is 3. The molecule has 0 amide bonds. The van der Waals surface area contributed by atoms with Crippen LogP contribution in [0.2, 0.25) is 0 Å². The van der Waals surface area contributed by atoms with Gasteiger partial charge in [-0.2, -0.15) is 0 Å². The summed E-state index contributed by atoms with van der Waals surface area (Å²) in [7, 11) is 0. The smallest absolute Gasteiger partial charge is 0.270 e. The average molecular weight is 296 g/mol. The molecule has 0 spiro atoms. The molecule has 112 valence electrons. The first kappa shape index (κ1) is 14.1. The molecule has 0 radical (unpaired) electrons. The van der Waals surface area contributed by atoms with Gasteiger partial charge < -0.3 is 10.1 Å². The molecule has 1 heterocycles. The molecular weight excluding hydrogens is 280 g/mol. The van der Waals surface area contributed by atoms with Crippen LogP contribution < -0.4 is 0 Å². The monoisotopic (exact) mass is 296 g/mol. The van der Waals surface area contributed by atoms with Crippen molar-refractivity contribution in [1.82, 2.24) is 4.98 Å². The number of aromatic nitrogens is 1. The zero-order valence-corrected chi connectivity index (χ0v) is 12.6. The number of nitrogens with one attached hydrogen (secondary N) is 1. The van der Waals surface area contributed by atoms with E-state index in [1.54, 1.807) is 12.1 Å². The van der Waals surface area contributed by atoms with E-state index in [1.165, 1.54) is 6.07 Å². The van der Waals surface area contributed by atoms with Gasteiger partial charge >= 0.3 is 0 Å². The summed E-state index contributed by atoms with van der Waals surface area (Å²) in [6, 6.07) is 8.63. The molecular formula is C17H16N2O3. The number of non-ortho nitro benzene ring substituents is 1. The normalized spacial score (nSPS) is 11.0. The van der Waals surface area contributed by atoms with Gasteiger partial charge in [0.2, 0.25) is 0 Å². The Bertz CT molecular complexity index is 887. The number of fused-ring (bicyclic) bond motifs is 1. The third-order valence-electron chi connectivity index (χ3n) is 4.03. The van der Waals surface area contributed by atoms with Gasteiger partial charge in [0.1, 0.15) is 5.75 Å². The first-order chi connectivity index (χ1) is 10.4. The standard InChI is InChI=1S/C17H16N2O3/c1-9-6-12(7-10(2)17(9)20)16-11(3)14-8-13(19(21)22)4-5-15(14)18-16/h4-8,18,20H,1-3H3. The van der Waals surface area contributed by atoms with E-state index in [0.717, 1.165) is 38.9 Å². The van der Waals surface area contributed by atoms with Crippen LogP contribution >= 0.6 is 0 Å². The molecule has 0 aliphatic heterocycles. The fraction of sp³-hybridized carbons (Fsp3) is 0.176. The van der Waals surface area contributed by atoms with Gasteiger partial charge in [0.15, 0.2) is 0 Å². The number of nitrogens with zero attached hydrogens (tertiary/aromatic N) is 1. The van der Waals surface area contributed by atoms with E-state index in [0.29, 0.717) is 5.75 Å². The highest BCUT2D eigenvalue weighted by atomic mass is 16.6. The zero-order chi connectivity index (χ0) is 16.0. The van der Waals surface area contributed by atoms with Crippen molar-refractivity contribution in [3.63, 3.8) is 0 Å². The van der Waals surface area contributed by atoms with Crippen LogP contribution in [-0.4, -0.2) is 15.0 Å². The van der Waals surface area contributed by atoms with Gasteiger partial charge in [-0.25, -0.2) is 0 Å². The summed E-state index contributed by atoms with van der Waals surface area (Å²) in [6.45, 7) is 5.65. The predicted octanol–water partition coefficient (Wildman–Crippen LogP) is 4.37. The Balaban J connectivity index is 2.24. The Hall–Kier alpha value is -2.82. The molecule has 1 aromatic heterocycles. The molecule has 5 heteroatoms. The minimum atomic E-state index is -0.388. The van der Waals surface area contributed by atoms with E-state index in [9.17, 15) is 15.2 Å². The maximum Gasteiger partial charge on any atom is 0.270 e. The van der Waals surface area contributed by atoms with E-state index >= 15 is 0 Å². The summed E-state index contributed by atoms with van der Waals surface area (Å²) in [5.74, 6) is 0.299. The summed E-state index contributed by atoms with van der Waals surface area (Å²) in [4.78, 5) is 13.9. The summed E-state index contributed by atoms with van der Waals surface area (Å²) < 4.78 is 0. The van der Waals surface area contributed by atoms with Crippen molar-refractivity contribution >= 4 is 16.6 Å². The van der Waals surface area contributed by atoms with Crippen molar-refractivity contribution in [3.05, 3.63) is 57.1 Å². The summed E-state index contributed by atoms with van der Waals surface area (Å²) in [5, 5.41) is 21.7. The van der Waals surface area contributed by atoms with Gasteiger partial charge in [0.05, 0.1) is 4.92 Å². The number of rotatable bonds is 2. The molecule has 22 heavy (non-hydrogen) atoms. The number of nitro groups is 1. The first-order valence-electron chi connectivity index (χ1n) is 6.96. The topological polar surface area (TPSA) is 79.2 Å². The van der Waals surface area contributed by atoms with Gasteiger partial charge in [-0.05, 0) is 61.2 Å². The number of H-pyrrole nitrogens is 1. The van der Waals surface area contributed by atoms with Gasteiger partial charge in [0.25, 0.3) is 5.69 Å².